The van der Waals surface area contributed by atoms with Gasteiger partial charge in [-0.25, -0.2) is 9.18 Å². The highest BCUT2D eigenvalue weighted by molar-refractivity contribution is 8.04. The van der Waals surface area contributed by atoms with E-state index in [1.807, 2.05) is 0 Å². The van der Waals surface area contributed by atoms with Crippen molar-refractivity contribution in [2.24, 2.45) is 0 Å². The van der Waals surface area contributed by atoms with Crippen molar-refractivity contribution in [1.29, 1.82) is 0 Å². The number of amides is 1. The number of carbonyl (C=O) groups is 2. The zero-order valence-corrected chi connectivity index (χ0v) is 12.7. The molecule has 0 aromatic heterocycles. The fourth-order valence-electron chi connectivity index (χ4n) is 2.33. The molecule has 2 aromatic rings. The van der Waals surface area contributed by atoms with E-state index in [1.165, 1.54) is 11.0 Å². The Morgan fingerprint density at radius 3 is 2.61 bits per heavy atom. The van der Waals surface area contributed by atoms with Gasteiger partial charge in [0.1, 0.15) is 5.82 Å². The fourth-order valence-corrected chi connectivity index (χ4v) is 3.35. The van der Waals surface area contributed by atoms with Crippen molar-refractivity contribution in [3.05, 3.63) is 70.9 Å². The summed E-state index contributed by atoms with van der Waals surface area (Å²) in [5.74, 6) is -2.04. The standard InChI is InChI=1S/C17H12FNO3S/c18-12-6-2-1-5-11(12)10-19-13-7-3-4-8-14(13)23-15(17(19)22)9-16(20)21/h1-9H,10H2,(H,20,21). The van der Waals surface area contributed by atoms with Crippen LogP contribution >= 0.6 is 11.8 Å². The van der Waals surface area contributed by atoms with Gasteiger partial charge in [0.25, 0.3) is 5.91 Å². The lowest BCUT2D eigenvalue weighted by atomic mass is 10.1. The van der Waals surface area contributed by atoms with E-state index in [-0.39, 0.29) is 11.4 Å². The quantitative estimate of drug-likeness (QED) is 0.877. The number of nitrogens with zero attached hydrogens (tertiary/aromatic N) is 1. The number of rotatable bonds is 3. The molecule has 6 heteroatoms. The molecule has 3 rings (SSSR count). The molecule has 1 heterocycles. The van der Waals surface area contributed by atoms with Gasteiger partial charge in [0.15, 0.2) is 0 Å². The highest BCUT2D eigenvalue weighted by Crippen LogP contribution is 2.41. The Bertz CT molecular complexity index is 819. The summed E-state index contributed by atoms with van der Waals surface area (Å²) in [6.45, 7) is 0.0417. The number of thioether (sulfide) groups is 1. The highest BCUT2D eigenvalue weighted by Gasteiger charge is 2.30. The Labute approximate surface area is 136 Å². The maximum absolute atomic E-state index is 13.9. The molecule has 1 aliphatic rings. The molecule has 0 unspecified atom stereocenters. The second kappa shape index (κ2) is 6.26. The van der Waals surface area contributed by atoms with Crippen LogP contribution in [0.5, 0.6) is 0 Å². The first-order valence-electron chi connectivity index (χ1n) is 6.83. The first-order chi connectivity index (χ1) is 11.1. The van der Waals surface area contributed by atoms with Crippen LogP contribution in [-0.4, -0.2) is 17.0 Å². The monoisotopic (exact) mass is 329 g/mol. The minimum Gasteiger partial charge on any atom is -0.478 e. The molecule has 1 N–H and O–H groups in total. The predicted molar refractivity (Wildman–Crippen MR) is 85.6 cm³/mol. The number of hydrogen-bond donors (Lipinski definition) is 1. The van der Waals surface area contributed by atoms with Crippen molar-refractivity contribution in [3.63, 3.8) is 0 Å². The predicted octanol–water partition coefficient (Wildman–Crippen LogP) is 3.43. The first-order valence-corrected chi connectivity index (χ1v) is 7.64. The van der Waals surface area contributed by atoms with Gasteiger partial charge >= 0.3 is 5.97 Å². The zero-order chi connectivity index (χ0) is 16.4. The van der Waals surface area contributed by atoms with Gasteiger partial charge in [-0.15, -0.1) is 0 Å². The maximum Gasteiger partial charge on any atom is 0.329 e. The number of carboxylic acids is 1. The van der Waals surface area contributed by atoms with Crippen molar-refractivity contribution < 1.29 is 19.1 Å². The van der Waals surface area contributed by atoms with Crippen LogP contribution in [0.15, 0.2) is 64.4 Å². The Morgan fingerprint density at radius 2 is 1.87 bits per heavy atom. The molecule has 116 valence electrons. The van der Waals surface area contributed by atoms with E-state index in [0.29, 0.717) is 11.3 Å². The van der Waals surface area contributed by atoms with Gasteiger partial charge < -0.3 is 10.0 Å². The molecule has 0 bridgehead atoms. The van der Waals surface area contributed by atoms with Crippen LogP contribution in [0.1, 0.15) is 5.56 Å². The number of para-hydroxylation sites is 1. The molecule has 0 spiro atoms. The van der Waals surface area contributed by atoms with Crippen LogP contribution in [-0.2, 0) is 16.1 Å². The van der Waals surface area contributed by atoms with Crippen molar-refractivity contribution in [1.82, 2.24) is 0 Å². The molecule has 23 heavy (non-hydrogen) atoms. The minimum atomic E-state index is -1.19. The Morgan fingerprint density at radius 1 is 1.17 bits per heavy atom. The lowest BCUT2D eigenvalue weighted by Crippen LogP contribution is -2.34. The van der Waals surface area contributed by atoms with Crippen molar-refractivity contribution in [3.8, 4) is 0 Å². The summed E-state index contributed by atoms with van der Waals surface area (Å²) in [6, 6.07) is 13.4. The largest absolute Gasteiger partial charge is 0.478 e. The van der Waals surface area contributed by atoms with Gasteiger partial charge in [-0.05, 0) is 18.2 Å². The molecule has 1 aliphatic heterocycles. The fraction of sp³-hybridized carbons (Fsp3) is 0.0588. The molecule has 1 amide bonds. The SMILES string of the molecule is O=C(O)C=C1Sc2ccccc2N(Cc2ccccc2F)C1=O. The van der Waals surface area contributed by atoms with Gasteiger partial charge in [-0.3, -0.25) is 4.79 Å². The van der Waals surface area contributed by atoms with Gasteiger partial charge in [-0.1, -0.05) is 42.1 Å². The van der Waals surface area contributed by atoms with E-state index >= 15 is 0 Å². The van der Waals surface area contributed by atoms with Crippen molar-refractivity contribution in [2.45, 2.75) is 11.4 Å². The van der Waals surface area contributed by atoms with Gasteiger partial charge in [0.05, 0.1) is 17.1 Å². The van der Waals surface area contributed by atoms with Crippen LogP contribution in [0.3, 0.4) is 0 Å². The third-order valence-corrected chi connectivity index (χ3v) is 4.45. The first kappa shape index (κ1) is 15.3. The van der Waals surface area contributed by atoms with Crippen LogP contribution < -0.4 is 4.90 Å². The Kier molecular flexibility index (Phi) is 4.16. The third-order valence-electron chi connectivity index (χ3n) is 3.37. The van der Waals surface area contributed by atoms with Crippen molar-refractivity contribution in [2.75, 3.05) is 4.90 Å². The highest BCUT2D eigenvalue weighted by atomic mass is 32.2. The molecule has 0 atom stereocenters. The van der Waals surface area contributed by atoms with Crippen LogP contribution in [0, 0.1) is 5.82 Å². The molecule has 4 nitrogen and oxygen atoms in total. The molecular formula is C17H12FNO3S. The Hall–Kier alpha value is -2.60. The van der Waals surface area contributed by atoms with E-state index in [2.05, 4.69) is 0 Å². The maximum atomic E-state index is 13.9. The van der Waals surface area contributed by atoms with E-state index in [9.17, 15) is 14.0 Å². The number of hydrogen-bond acceptors (Lipinski definition) is 3. The molecule has 0 saturated heterocycles. The summed E-state index contributed by atoms with van der Waals surface area (Å²) in [5, 5.41) is 8.93. The molecule has 0 radical (unpaired) electrons. The van der Waals surface area contributed by atoms with Crippen LogP contribution in [0.4, 0.5) is 10.1 Å². The van der Waals surface area contributed by atoms with E-state index < -0.39 is 17.7 Å². The van der Waals surface area contributed by atoms with E-state index in [0.717, 1.165) is 22.7 Å². The van der Waals surface area contributed by atoms with Gasteiger partial charge in [0, 0.05) is 16.5 Å². The molecular weight excluding hydrogens is 317 g/mol. The third kappa shape index (κ3) is 3.12. The lowest BCUT2D eigenvalue weighted by molar-refractivity contribution is -0.131. The number of anilines is 1. The van der Waals surface area contributed by atoms with Gasteiger partial charge in [-0.2, -0.15) is 0 Å². The zero-order valence-electron chi connectivity index (χ0n) is 11.9. The summed E-state index contributed by atoms with van der Waals surface area (Å²) >= 11 is 1.11. The average Bonchev–Trinajstić information content (AvgIpc) is 2.52. The molecule has 0 aliphatic carbocycles. The van der Waals surface area contributed by atoms with Crippen LogP contribution in [0.25, 0.3) is 0 Å². The minimum absolute atomic E-state index is 0.0417. The topological polar surface area (TPSA) is 57.6 Å². The molecule has 2 aromatic carbocycles. The number of fused-ring (bicyclic) bond motifs is 1. The second-order valence-corrected chi connectivity index (χ2v) is 5.98. The summed E-state index contributed by atoms with van der Waals surface area (Å²) in [4.78, 5) is 25.8. The normalized spacial score (nSPS) is 15.6. The second-order valence-electron chi connectivity index (χ2n) is 4.90. The molecule has 0 fully saturated rings. The number of carboxylic acid groups (broad SMARTS) is 1. The Balaban J connectivity index is 2.04. The smallest absolute Gasteiger partial charge is 0.329 e. The van der Waals surface area contributed by atoms with E-state index in [1.54, 1.807) is 42.5 Å². The lowest BCUT2D eigenvalue weighted by Gasteiger charge is -2.30. The number of carbonyl (C=O) groups excluding carboxylic acids is 1. The summed E-state index contributed by atoms with van der Waals surface area (Å²) in [5.41, 5.74) is 1.02. The van der Waals surface area contributed by atoms with Crippen LogP contribution in [0.2, 0.25) is 0 Å². The number of aliphatic carboxylic acids is 1. The summed E-state index contributed by atoms with van der Waals surface area (Å²) in [6.07, 6.45) is 0.886. The van der Waals surface area contributed by atoms with E-state index in [4.69, 9.17) is 5.11 Å². The van der Waals surface area contributed by atoms with Gasteiger partial charge in [0.2, 0.25) is 0 Å². The number of halogens is 1. The average molecular weight is 329 g/mol. The number of benzene rings is 2. The molecule has 0 saturated carbocycles. The van der Waals surface area contributed by atoms with Crippen molar-refractivity contribution >= 4 is 29.3 Å². The summed E-state index contributed by atoms with van der Waals surface area (Å²) < 4.78 is 13.9. The summed E-state index contributed by atoms with van der Waals surface area (Å²) in [7, 11) is 0.